The van der Waals surface area contributed by atoms with Gasteiger partial charge in [0.15, 0.2) is 5.96 Å². The number of aliphatic imine (C=N–C) groups is 1. The van der Waals surface area contributed by atoms with Gasteiger partial charge in [-0.2, -0.15) is 0 Å². The Morgan fingerprint density at radius 2 is 1.65 bits per heavy atom. The van der Waals surface area contributed by atoms with Gasteiger partial charge in [0, 0.05) is 26.7 Å². The summed E-state index contributed by atoms with van der Waals surface area (Å²) in [6, 6.07) is 0. The summed E-state index contributed by atoms with van der Waals surface area (Å²) in [4.78, 5) is 6.87. The Bertz CT molecular complexity index is 292. The number of ether oxygens (including phenoxy) is 1. The van der Waals surface area contributed by atoms with Gasteiger partial charge in [0.05, 0.1) is 6.10 Å². The van der Waals surface area contributed by atoms with Crippen molar-refractivity contribution in [2.24, 2.45) is 4.99 Å². The van der Waals surface area contributed by atoms with E-state index in [1.54, 1.807) is 0 Å². The summed E-state index contributed by atoms with van der Waals surface area (Å²) in [5.74, 6) is 0.903. The number of rotatable bonds is 9. The summed E-state index contributed by atoms with van der Waals surface area (Å²) in [7, 11) is 1.83. The van der Waals surface area contributed by atoms with Crippen LogP contribution in [-0.2, 0) is 4.74 Å². The first kappa shape index (κ1) is 22.9. The Morgan fingerprint density at radius 3 is 2.22 bits per heavy atom. The molecule has 6 heteroatoms. The van der Waals surface area contributed by atoms with Gasteiger partial charge in [0.2, 0.25) is 0 Å². The largest absolute Gasteiger partial charge is 0.379 e. The van der Waals surface area contributed by atoms with Crippen molar-refractivity contribution in [3.63, 3.8) is 0 Å². The predicted octanol–water partition coefficient (Wildman–Crippen LogP) is 2.85. The van der Waals surface area contributed by atoms with Crippen LogP contribution in [0.4, 0.5) is 0 Å². The molecular weight excluding hydrogens is 403 g/mol. The van der Waals surface area contributed by atoms with E-state index in [4.69, 9.17) is 4.74 Å². The number of nitrogens with zero attached hydrogens (tertiary/aromatic N) is 2. The average molecular weight is 440 g/mol. The Kier molecular flexibility index (Phi) is 15.4. The highest BCUT2D eigenvalue weighted by Crippen LogP contribution is 2.09. The smallest absolute Gasteiger partial charge is 0.190 e. The van der Waals surface area contributed by atoms with Gasteiger partial charge in [-0.05, 0) is 59.2 Å². The normalized spacial score (nSPS) is 16.8. The highest BCUT2D eigenvalue weighted by atomic mass is 127. The second-order valence-corrected chi connectivity index (χ2v) is 6.31. The van der Waals surface area contributed by atoms with Gasteiger partial charge < -0.3 is 20.3 Å². The summed E-state index contributed by atoms with van der Waals surface area (Å²) in [5, 5.41) is 6.73. The van der Waals surface area contributed by atoms with Crippen LogP contribution in [0.15, 0.2) is 4.99 Å². The van der Waals surface area contributed by atoms with Crippen LogP contribution in [0.3, 0.4) is 0 Å². The molecule has 1 rings (SSSR count). The SMILES string of the molecule is CN=C(NCCCOC(C)C)NCCCN1CCCCCC1.I. The van der Waals surface area contributed by atoms with Gasteiger partial charge in [-0.15, -0.1) is 24.0 Å². The molecule has 0 saturated carbocycles. The van der Waals surface area contributed by atoms with E-state index in [0.29, 0.717) is 6.10 Å². The van der Waals surface area contributed by atoms with E-state index < -0.39 is 0 Å². The first-order valence-electron chi connectivity index (χ1n) is 9.01. The molecule has 5 nitrogen and oxygen atoms in total. The molecule has 0 aromatic carbocycles. The van der Waals surface area contributed by atoms with Crippen LogP contribution in [0.25, 0.3) is 0 Å². The molecule has 1 aliphatic rings. The van der Waals surface area contributed by atoms with Crippen molar-refractivity contribution in [2.75, 3.05) is 46.4 Å². The first-order valence-corrected chi connectivity index (χ1v) is 9.01. The fourth-order valence-electron chi connectivity index (χ4n) is 2.69. The van der Waals surface area contributed by atoms with Crippen molar-refractivity contribution in [1.29, 1.82) is 0 Å². The molecule has 1 saturated heterocycles. The fraction of sp³-hybridized carbons (Fsp3) is 0.941. The van der Waals surface area contributed by atoms with E-state index in [-0.39, 0.29) is 24.0 Å². The molecule has 0 aliphatic carbocycles. The molecule has 0 radical (unpaired) electrons. The van der Waals surface area contributed by atoms with Crippen molar-refractivity contribution >= 4 is 29.9 Å². The predicted molar refractivity (Wildman–Crippen MR) is 110 cm³/mol. The molecule has 138 valence electrons. The lowest BCUT2D eigenvalue weighted by molar-refractivity contribution is 0.0776. The number of hydrogen-bond acceptors (Lipinski definition) is 3. The summed E-state index contributed by atoms with van der Waals surface area (Å²) >= 11 is 0. The lowest BCUT2D eigenvalue weighted by Crippen LogP contribution is -2.39. The van der Waals surface area contributed by atoms with E-state index in [9.17, 15) is 0 Å². The second kappa shape index (κ2) is 15.4. The summed E-state index contributed by atoms with van der Waals surface area (Å²) < 4.78 is 5.53. The first-order chi connectivity index (χ1) is 10.7. The molecule has 0 spiro atoms. The summed E-state index contributed by atoms with van der Waals surface area (Å²) in [6.45, 7) is 10.6. The monoisotopic (exact) mass is 440 g/mol. The molecule has 0 atom stereocenters. The third-order valence-corrected chi connectivity index (χ3v) is 3.93. The zero-order valence-electron chi connectivity index (χ0n) is 15.3. The molecule has 23 heavy (non-hydrogen) atoms. The maximum atomic E-state index is 5.53. The molecule has 2 N–H and O–H groups in total. The van der Waals surface area contributed by atoms with Crippen LogP contribution in [0.5, 0.6) is 0 Å². The van der Waals surface area contributed by atoms with Gasteiger partial charge in [0.1, 0.15) is 0 Å². The molecule has 1 fully saturated rings. The molecular formula is C17H37IN4O. The number of hydrogen-bond donors (Lipinski definition) is 2. The quantitative estimate of drug-likeness (QED) is 0.251. The molecule has 0 unspecified atom stereocenters. The molecule has 0 amide bonds. The Labute approximate surface area is 160 Å². The third-order valence-electron chi connectivity index (χ3n) is 3.93. The van der Waals surface area contributed by atoms with Crippen LogP contribution >= 0.6 is 24.0 Å². The summed E-state index contributed by atoms with van der Waals surface area (Å²) in [6.07, 6.45) is 8.06. The Hall–Kier alpha value is -0.0800. The van der Waals surface area contributed by atoms with Gasteiger partial charge in [-0.3, -0.25) is 4.99 Å². The zero-order valence-corrected chi connectivity index (χ0v) is 17.6. The average Bonchev–Trinajstić information content (AvgIpc) is 2.77. The third kappa shape index (κ3) is 12.9. The van der Waals surface area contributed by atoms with E-state index in [1.165, 1.54) is 51.7 Å². The number of likely N-dealkylation sites (tertiary alicyclic amines) is 1. The van der Waals surface area contributed by atoms with Crippen LogP contribution in [0, 0.1) is 0 Å². The highest BCUT2D eigenvalue weighted by Gasteiger charge is 2.08. The molecule has 1 aliphatic heterocycles. The van der Waals surface area contributed by atoms with Gasteiger partial charge in [-0.1, -0.05) is 12.8 Å². The minimum Gasteiger partial charge on any atom is -0.379 e. The molecule has 0 aromatic heterocycles. The summed E-state index contributed by atoms with van der Waals surface area (Å²) in [5.41, 5.74) is 0. The van der Waals surface area contributed by atoms with Crippen molar-refractivity contribution in [1.82, 2.24) is 15.5 Å². The zero-order chi connectivity index (χ0) is 16.0. The van der Waals surface area contributed by atoms with Crippen LogP contribution < -0.4 is 10.6 Å². The maximum Gasteiger partial charge on any atom is 0.190 e. The lowest BCUT2D eigenvalue weighted by Gasteiger charge is -2.20. The Balaban J connectivity index is 0.00000484. The van der Waals surface area contributed by atoms with Gasteiger partial charge in [-0.25, -0.2) is 0 Å². The van der Waals surface area contributed by atoms with Crippen molar-refractivity contribution in [3.8, 4) is 0 Å². The van der Waals surface area contributed by atoms with Crippen LogP contribution in [0.1, 0.15) is 52.4 Å². The number of guanidine groups is 1. The highest BCUT2D eigenvalue weighted by molar-refractivity contribution is 14.0. The minimum absolute atomic E-state index is 0. The standard InChI is InChI=1S/C17H36N4O.HI/c1-16(2)22-15-9-11-20-17(18-3)19-10-8-14-21-12-6-4-5-7-13-21;/h16H,4-15H2,1-3H3,(H2,18,19,20);1H. The van der Waals surface area contributed by atoms with Crippen molar-refractivity contribution in [3.05, 3.63) is 0 Å². The molecule has 1 heterocycles. The van der Waals surface area contributed by atoms with Crippen LogP contribution in [-0.4, -0.2) is 63.3 Å². The maximum absolute atomic E-state index is 5.53. The van der Waals surface area contributed by atoms with Crippen molar-refractivity contribution in [2.45, 2.75) is 58.5 Å². The van der Waals surface area contributed by atoms with E-state index in [1.807, 2.05) is 7.05 Å². The van der Waals surface area contributed by atoms with Crippen LogP contribution in [0.2, 0.25) is 0 Å². The van der Waals surface area contributed by atoms with E-state index in [2.05, 4.69) is 34.4 Å². The second-order valence-electron chi connectivity index (χ2n) is 6.31. The fourth-order valence-corrected chi connectivity index (χ4v) is 2.69. The van der Waals surface area contributed by atoms with E-state index >= 15 is 0 Å². The Morgan fingerprint density at radius 1 is 1.04 bits per heavy atom. The molecule has 0 bridgehead atoms. The minimum atomic E-state index is 0. The topological polar surface area (TPSA) is 48.9 Å². The number of nitrogens with one attached hydrogen (secondary N) is 2. The van der Waals surface area contributed by atoms with Crippen molar-refractivity contribution < 1.29 is 4.74 Å². The number of halogens is 1. The molecule has 0 aromatic rings. The van der Waals surface area contributed by atoms with Gasteiger partial charge in [0.25, 0.3) is 0 Å². The van der Waals surface area contributed by atoms with E-state index in [0.717, 1.165) is 32.1 Å². The lowest BCUT2D eigenvalue weighted by atomic mass is 10.2. The van der Waals surface area contributed by atoms with Gasteiger partial charge >= 0.3 is 0 Å².